The average molecular weight is 469 g/mol. The van der Waals surface area contributed by atoms with Gasteiger partial charge in [0.2, 0.25) is 11.8 Å². The van der Waals surface area contributed by atoms with E-state index >= 15 is 0 Å². The lowest BCUT2D eigenvalue weighted by Crippen LogP contribution is -2.50. The molecule has 166 valence electrons. The molecule has 3 rings (SSSR count). The molecule has 0 radical (unpaired) electrons. The number of hydrogen-bond donors (Lipinski definition) is 1. The Balaban J connectivity index is 1.96. The first-order valence-electron chi connectivity index (χ1n) is 10.6. The summed E-state index contributed by atoms with van der Waals surface area (Å²) in [5, 5.41) is 3.75. The lowest BCUT2D eigenvalue weighted by Gasteiger charge is -2.31. The van der Waals surface area contributed by atoms with Crippen molar-refractivity contribution in [1.82, 2.24) is 10.2 Å². The zero-order valence-electron chi connectivity index (χ0n) is 17.9. The maximum absolute atomic E-state index is 13.5. The van der Waals surface area contributed by atoms with E-state index in [0.29, 0.717) is 23.0 Å². The lowest BCUT2D eigenvalue weighted by atomic mass is 10.0. The Labute approximate surface area is 199 Å². The van der Waals surface area contributed by atoms with E-state index in [2.05, 4.69) is 5.32 Å². The zero-order chi connectivity index (χ0) is 22.9. The summed E-state index contributed by atoms with van der Waals surface area (Å²) in [6, 6.07) is 23.9. The fourth-order valence-electron chi connectivity index (χ4n) is 3.55. The van der Waals surface area contributed by atoms with Crippen molar-refractivity contribution in [2.75, 3.05) is 6.54 Å². The second-order valence-electron chi connectivity index (χ2n) is 7.53. The monoisotopic (exact) mass is 468 g/mol. The van der Waals surface area contributed by atoms with E-state index in [9.17, 15) is 9.59 Å². The predicted octanol–water partition coefficient (Wildman–Crippen LogP) is 5.31. The van der Waals surface area contributed by atoms with Gasteiger partial charge in [0.15, 0.2) is 0 Å². The van der Waals surface area contributed by atoms with E-state index in [-0.39, 0.29) is 24.8 Å². The summed E-state index contributed by atoms with van der Waals surface area (Å²) in [7, 11) is 0. The van der Waals surface area contributed by atoms with Crippen LogP contribution in [0.1, 0.15) is 23.6 Å². The average Bonchev–Trinajstić information content (AvgIpc) is 2.80. The van der Waals surface area contributed by atoms with Gasteiger partial charge in [0.25, 0.3) is 0 Å². The SMILES string of the molecule is CCNC(=O)C(Cc1ccccc1)N(Cc1ccc(Cl)c(Cl)c1)C(=O)Cc1ccccc1. The number of likely N-dealkylation sites (N-methyl/N-ethyl adjacent to an activating group) is 1. The van der Waals surface area contributed by atoms with Crippen molar-refractivity contribution in [2.45, 2.75) is 32.4 Å². The molecule has 0 bridgehead atoms. The summed E-state index contributed by atoms with van der Waals surface area (Å²) in [4.78, 5) is 28.2. The maximum atomic E-state index is 13.5. The Kier molecular flexibility index (Phi) is 8.72. The third kappa shape index (κ3) is 6.59. The molecule has 1 unspecified atom stereocenters. The molecule has 4 nitrogen and oxygen atoms in total. The molecule has 0 heterocycles. The van der Waals surface area contributed by atoms with E-state index in [1.54, 1.807) is 17.0 Å². The van der Waals surface area contributed by atoms with Crippen molar-refractivity contribution in [2.24, 2.45) is 0 Å². The smallest absolute Gasteiger partial charge is 0.243 e. The first-order valence-corrected chi connectivity index (χ1v) is 11.3. The molecular weight excluding hydrogens is 443 g/mol. The minimum absolute atomic E-state index is 0.130. The maximum Gasteiger partial charge on any atom is 0.243 e. The standard InChI is InChI=1S/C26H26Cl2N2O2/c1-2-29-26(32)24(16-19-9-5-3-6-10-19)30(18-21-13-14-22(27)23(28)15-21)25(31)17-20-11-7-4-8-12-20/h3-15,24H,2,16-18H2,1H3,(H,29,32). The van der Waals surface area contributed by atoms with E-state index in [1.165, 1.54) is 0 Å². The van der Waals surface area contributed by atoms with Crippen LogP contribution in [0.4, 0.5) is 0 Å². The minimum Gasteiger partial charge on any atom is -0.355 e. The van der Waals surface area contributed by atoms with E-state index in [1.807, 2.05) is 73.7 Å². The van der Waals surface area contributed by atoms with Gasteiger partial charge < -0.3 is 10.2 Å². The van der Waals surface area contributed by atoms with Crippen LogP contribution in [0.15, 0.2) is 78.9 Å². The minimum atomic E-state index is -0.664. The van der Waals surface area contributed by atoms with Crippen LogP contribution in [-0.4, -0.2) is 29.3 Å². The van der Waals surface area contributed by atoms with Crippen molar-refractivity contribution >= 4 is 35.0 Å². The Morgan fingerprint density at radius 1 is 0.844 bits per heavy atom. The highest BCUT2D eigenvalue weighted by atomic mass is 35.5. The van der Waals surface area contributed by atoms with Crippen LogP contribution < -0.4 is 5.32 Å². The van der Waals surface area contributed by atoms with Crippen LogP contribution in [0.2, 0.25) is 10.0 Å². The van der Waals surface area contributed by atoms with E-state index < -0.39 is 6.04 Å². The number of nitrogens with zero attached hydrogens (tertiary/aromatic N) is 1. The van der Waals surface area contributed by atoms with Crippen LogP contribution in [-0.2, 0) is 29.0 Å². The summed E-state index contributed by atoms with van der Waals surface area (Å²) < 4.78 is 0. The summed E-state index contributed by atoms with van der Waals surface area (Å²) >= 11 is 12.3. The van der Waals surface area contributed by atoms with Crippen molar-refractivity contribution in [3.63, 3.8) is 0 Å². The van der Waals surface area contributed by atoms with Crippen molar-refractivity contribution in [1.29, 1.82) is 0 Å². The second kappa shape index (κ2) is 11.7. The van der Waals surface area contributed by atoms with Crippen molar-refractivity contribution in [3.8, 4) is 0 Å². The molecule has 0 aliphatic heterocycles. The topological polar surface area (TPSA) is 49.4 Å². The highest BCUT2D eigenvalue weighted by molar-refractivity contribution is 6.42. The number of rotatable bonds is 9. The number of carbonyl (C=O) groups is 2. The summed E-state index contributed by atoms with van der Waals surface area (Å²) in [5.41, 5.74) is 2.68. The van der Waals surface area contributed by atoms with Gasteiger partial charge in [-0.25, -0.2) is 0 Å². The Bertz CT molecular complexity index is 1040. The van der Waals surface area contributed by atoms with Gasteiger partial charge >= 0.3 is 0 Å². The molecule has 1 atom stereocenters. The molecule has 0 fully saturated rings. The zero-order valence-corrected chi connectivity index (χ0v) is 19.4. The molecule has 2 amide bonds. The van der Waals surface area contributed by atoms with Crippen molar-refractivity contribution < 1.29 is 9.59 Å². The van der Waals surface area contributed by atoms with Crippen LogP contribution >= 0.6 is 23.2 Å². The van der Waals surface area contributed by atoms with Gasteiger partial charge in [-0.3, -0.25) is 9.59 Å². The Morgan fingerprint density at radius 3 is 2.06 bits per heavy atom. The first kappa shape index (κ1) is 23.8. The third-order valence-electron chi connectivity index (χ3n) is 5.16. The molecule has 0 aromatic heterocycles. The largest absolute Gasteiger partial charge is 0.355 e. The number of nitrogens with one attached hydrogen (secondary N) is 1. The fraction of sp³-hybridized carbons (Fsp3) is 0.231. The van der Waals surface area contributed by atoms with Gasteiger partial charge in [-0.2, -0.15) is 0 Å². The Hall–Kier alpha value is -2.82. The second-order valence-corrected chi connectivity index (χ2v) is 8.35. The lowest BCUT2D eigenvalue weighted by molar-refractivity contribution is -0.140. The Morgan fingerprint density at radius 2 is 1.47 bits per heavy atom. The van der Waals surface area contributed by atoms with Crippen LogP contribution in [0.3, 0.4) is 0 Å². The van der Waals surface area contributed by atoms with Gasteiger partial charge in [-0.1, -0.05) is 89.9 Å². The predicted molar refractivity (Wildman–Crippen MR) is 130 cm³/mol. The first-order chi connectivity index (χ1) is 15.5. The number of halogens is 2. The van der Waals surface area contributed by atoms with Crippen LogP contribution in [0.5, 0.6) is 0 Å². The van der Waals surface area contributed by atoms with E-state index in [4.69, 9.17) is 23.2 Å². The molecule has 0 spiro atoms. The highest BCUT2D eigenvalue weighted by Crippen LogP contribution is 2.24. The van der Waals surface area contributed by atoms with Crippen molar-refractivity contribution in [3.05, 3.63) is 106 Å². The quantitative estimate of drug-likeness (QED) is 0.462. The molecule has 0 saturated heterocycles. The van der Waals surface area contributed by atoms with Crippen LogP contribution in [0, 0.1) is 0 Å². The fourth-order valence-corrected chi connectivity index (χ4v) is 3.87. The molecule has 1 N–H and O–H groups in total. The number of benzene rings is 3. The molecule has 0 aliphatic rings. The molecule has 0 saturated carbocycles. The number of hydrogen-bond acceptors (Lipinski definition) is 2. The van der Waals surface area contributed by atoms with Gasteiger partial charge in [0, 0.05) is 19.5 Å². The summed E-state index contributed by atoms with van der Waals surface area (Å²) in [5.74, 6) is -0.313. The van der Waals surface area contributed by atoms with Gasteiger partial charge in [-0.05, 0) is 35.7 Å². The summed E-state index contributed by atoms with van der Waals surface area (Å²) in [6.45, 7) is 2.60. The number of carbonyl (C=O) groups excluding carboxylic acids is 2. The van der Waals surface area contributed by atoms with Gasteiger partial charge in [0.05, 0.1) is 16.5 Å². The van der Waals surface area contributed by atoms with Crippen LogP contribution in [0.25, 0.3) is 0 Å². The summed E-state index contributed by atoms with van der Waals surface area (Å²) in [6.07, 6.45) is 0.612. The molecular formula is C26H26Cl2N2O2. The number of amides is 2. The molecule has 32 heavy (non-hydrogen) atoms. The van der Waals surface area contributed by atoms with Gasteiger partial charge in [0.1, 0.15) is 6.04 Å². The third-order valence-corrected chi connectivity index (χ3v) is 5.90. The highest BCUT2D eigenvalue weighted by Gasteiger charge is 2.30. The molecule has 6 heteroatoms. The molecule has 3 aromatic carbocycles. The normalized spacial score (nSPS) is 11.6. The van der Waals surface area contributed by atoms with Gasteiger partial charge in [-0.15, -0.1) is 0 Å². The molecule has 0 aliphatic carbocycles. The molecule has 3 aromatic rings. The van der Waals surface area contributed by atoms with E-state index in [0.717, 1.165) is 16.7 Å².